The highest BCUT2D eigenvalue weighted by Crippen LogP contribution is 2.36. The molecule has 1 N–H and O–H groups in total. The Morgan fingerprint density at radius 3 is 2.68 bits per heavy atom. The zero-order chi connectivity index (χ0) is 19.5. The van der Waals surface area contributed by atoms with Crippen LogP contribution in [0, 0.1) is 0 Å². The second kappa shape index (κ2) is 6.30. The first-order chi connectivity index (χ1) is 13.4. The number of nitrogens with zero attached hydrogens (tertiary/aromatic N) is 3. The molecule has 142 valence electrons. The minimum absolute atomic E-state index is 0.193. The molecule has 0 unspecified atom stereocenters. The van der Waals surface area contributed by atoms with E-state index in [0.29, 0.717) is 40.1 Å². The van der Waals surface area contributed by atoms with Gasteiger partial charge in [0.2, 0.25) is 10.0 Å². The van der Waals surface area contributed by atoms with Gasteiger partial charge in [-0.05, 0) is 42.5 Å². The molecule has 0 radical (unpaired) electrons. The largest absolute Gasteiger partial charge is 0.354 e. The minimum atomic E-state index is -3.44. The second-order valence-corrected chi connectivity index (χ2v) is 9.33. The lowest BCUT2D eigenvalue weighted by atomic mass is 10.0. The summed E-state index contributed by atoms with van der Waals surface area (Å²) < 4.78 is 32.4. The van der Waals surface area contributed by atoms with Crippen LogP contribution in [0.2, 0.25) is 10.2 Å². The van der Waals surface area contributed by atoms with Gasteiger partial charge in [0, 0.05) is 23.3 Å². The maximum Gasteiger partial charge on any atom is 0.236 e. The smallest absolute Gasteiger partial charge is 0.236 e. The van der Waals surface area contributed by atoms with Crippen molar-refractivity contribution in [2.75, 3.05) is 4.72 Å². The number of rotatable bonds is 4. The monoisotopic (exact) mass is 434 g/mol. The Morgan fingerprint density at radius 2 is 1.93 bits per heavy atom. The maximum atomic E-state index is 12.2. The van der Waals surface area contributed by atoms with Gasteiger partial charge in [0.25, 0.3) is 0 Å². The predicted molar refractivity (Wildman–Crippen MR) is 108 cm³/mol. The van der Waals surface area contributed by atoms with Crippen molar-refractivity contribution in [3.05, 3.63) is 46.8 Å². The van der Waals surface area contributed by atoms with E-state index in [-0.39, 0.29) is 16.2 Å². The van der Waals surface area contributed by atoms with E-state index in [4.69, 9.17) is 27.7 Å². The molecule has 0 saturated heterocycles. The third kappa shape index (κ3) is 2.97. The number of hydrogen-bond acceptors (Lipinski definition) is 6. The van der Waals surface area contributed by atoms with Gasteiger partial charge in [0.1, 0.15) is 5.15 Å². The molecule has 10 heteroatoms. The van der Waals surface area contributed by atoms with Crippen molar-refractivity contribution < 1.29 is 12.9 Å². The third-order valence-electron chi connectivity index (χ3n) is 4.63. The van der Waals surface area contributed by atoms with Gasteiger partial charge in [0.15, 0.2) is 11.4 Å². The molecule has 0 bridgehead atoms. The van der Waals surface area contributed by atoms with E-state index in [0.717, 1.165) is 10.8 Å². The Balaban J connectivity index is 1.65. The normalized spacial score (nSPS) is 14.6. The number of pyridine rings is 2. The molecule has 0 atom stereocenters. The second-order valence-electron chi connectivity index (χ2n) is 6.60. The van der Waals surface area contributed by atoms with Gasteiger partial charge in [-0.1, -0.05) is 28.4 Å². The lowest BCUT2D eigenvalue weighted by molar-refractivity contribution is 0.460. The van der Waals surface area contributed by atoms with Crippen LogP contribution in [-0.2, 0) is 10.0 Å². The Kier molecular flexibility index (Phi) is 3.97. The molecule has 1 aliphatic carbocycles. The van der Waals surface area contributed by atoms with Gasteiger partial charge in [-0.25, -0.2) is 13.4 Å². The fourth-order valence-corrected chi connectivity index (χ4v) is 4.67. The molecule has 0 aliphatic heterocycles. The van der Waals surface area contributed by atoms with E-state index < -0.39 is 10.0 Å². The minimum Gasteiger partial charge on any atom is -0.354 e. The highest BCUT2D eigenvalue weighted by Gasteiger charge is 2.36. The SMILES string of the molecule is O=S(=O)(Nc1noc2cc3c(-c4cnc(Cl)c(Cl)c4)nccc3cc12)C1CC1. The summed E-state index contributed by atoms with van der Waals surface area (Å²) in [5, 5.41) is 6.33. The summed E-state index contributed by atoms with van der Waals surface area (Å²) in [6, 6.07) is 7.12. The summed E-state index contributed by atoms with van der Waals surface area (Å²) >= 11 is 12.0. The van der Waals surface area contributed by atoms with Crippen LogP contribution in [0.4, 0.5) is 5.82 Å². The van der Waals surface area contributed by atoms with Gasteiger partial charge in [0.05, 0.1) is 21.4 Å². The predicted octanol–water partition coefficient (Wildman–Crippen LogP) is 4.65. The van der Waals surface area contributed by atoms with Crippen molar-refractivity contribution in [2.24, 2.45) is 0 Å². The number of benzene rings is 1. The molecule has 3 aromatic heterocycles. The fourth-order valence-electron chi connectivity index (χ4n) is 3.06. The molecule has 4 aromatic rings. The van der Waals surface area contributed by atoms with Crippen molar-refractivity contribution >= 4 is 60.8 Å². The maximum absolute atomic E-state index is 12.2. The highest BCUT2D eigenvalue weighted by molar-refractivity contribution is 7.93. The summed E-state index contributed by atoms with van der Waals surface area (Å²) in [6.45, 7) is 0. The van der Waals surface area contributed by atoms with E-state index in [2.05, 4.69) is 19.8 Å². The Bertz CT molecular complexity index is 1350. The van der Waals surface area contributed by atoms with Crippen molar-refractivity contribution in [1.82, 2.24) is 15.1 Å². The molecule has 5 rings (SSSR count). The van der Waals surface area contributed by atoms with Gasteiger partial charge in [-0.3, -0.25) is 9.71 Å². The summed E-state index contributed by atoms with van der Waals surface area (Å²) in [6.07, 6.45) is 4.59. The summed E-state index contributed by atoms with van der Waals surface area (Å²) in [5.41, 5.74) is 1.80. The molecule has 0 amide bonds. The van der Waals surface area contributed by atoms with Crippen molar-refractivity contribution in [3.63, 3.8) is 0 Å². The number of sulfonamides is 1. The average Bonchev–Trinajstić information content (AvgIpc) is 3.47. The van der Waals surface area contributed by atoms with E-state index in [1.54, 1.807) is 24.5 Å². The first kappa shape index (κ1) is 17.7. The molecule has 1 aromatic carbocycles. The van der Waals surface area contributed by atoms with E-state index in [1.807, 2.05) is 12.1 Å². The van der Waals surface area contributed by atoms with Crippen LogP contribution in [0.15, 0.2) is 41.2 Å². The average molecular weight is 435 g/mol. The van der Waals surface area contributed by atoms with E-state index in [1.165, 1.54) is 0 Å². The first-order valence-corrected chi connectivity index (χ1v) is 10.7. The van der Waals surface area contributed by atoms with Crippen LogP contribution in [0.25, 0.3) is 33.0 Å². The van der Waals surface area contributed by atoms with Gasteiger partial charge < -0.3 is 4.52 Å². The third-order valence-corrected chi connectivity index (χ3v) is 7.14. The van der Waals surface area contributed by atoms with E-state index >= 15 is 0 Å². The molecular weight excluding hydrogens is 423 g/mol. The lowest BCUT2D eigenvalue weighted by Crippen LogP contribution is -2.17. The van der Waals surface area contributed by atoms with Crippen molar-refractivity contribution in [2.45, 2.75) is 18.1 Å². The number of aromatic nitrogens is 3. The number of anilines is 1. The van der Waals surface area contributed by atoms with Gasteiger partial charge >= 0.3 is 0 Å². The zero-order valence-electron chi connectivity index (χ0n) is 14.2. The Morgan fingerprint density at radius 1 is 1.11 bits per heavy atom. The highest BCUT2D eigenvalue weighted by atomic mass is 35.5. The molecule has 28 heavy (non-hydrogen) atoms. The van der Waals surface area contributed by atoms with Crippen LogP contribution < -0.4 is 4.72 Å². The number of halogens is 2. The first-order valence-electron chi connectivity index (χ1n) is 8.43. The molecule has 1 aliphatic rings. The fraction of sp³-hybridized carbons (Fsp3) is 0.167. The Hall–Kier alpha value is -2.42. The van der Waals surface area contributed by atoms with E-state index in [9.17, 15) is 8.42 Å². The van der Waals surface area contributed by atoms with Crippen LogP contribution >= 0.6 is 23.2 Å². The van der Waals surface area contributed by atoms with Crippen LogP contribution in [0.3, 0.4) is 0 Å². The standard InChI is InChI=1S/C18H12Cl2N4O3S/c19-14-6-10(8-22-17(14)20)16-12-7-15-13(5-9(12)3-4-21-16)18(23-27-15)24-28(25,26)11-1-2-11/h3-8,11H,1-2H2,(H,23,24). The van der Waals surface area contributed by atoms with Crippen LogP contribution in [-0.4, -0.2) is 28.8 Å². The number of hydrogen-bond donors (Lipinski definition) is 1. The summed E-state index contributed by atoms with van der Waals surface area (Å²) in [7, 11) is -3.44. The summed E-state index contributed by atoms with van der Waals surface area (Å²) in [5.74, 6) is 0.193. The Labute approximate surface area is 169 Å². The lowest BCUT2D eigenvalue weighted by Gasteiger charge is -2.07. The number of fused-ring (bicyclic) bond motifs is 2. The number of nitrogens with one attached hydrogen (secondary N) is 1. The quantitative estimate of drug-likeness (QED) is 0.469. The topological polar surface area (TPSA) is 98.0 Å². The molecule has 0 spiro atoms. The van der Waals surface area contributed by atoms with Gasteiger partial charge in [-0.2, -0.15) is 0 Å². The molecule has 1 fully saturated rings. The van der Waals surface area contributed by atoms with Crippen LogP contribution in [0.5, 0.6) is 0 Å². The van der Waals surface area contributed by atoms with Crippen molar-refractivity contribution in [3.8, 4) is 11.3 Å². The molecule has 7 nitrogen and oxygen atoms in total. The molecular formula is C18H12Cl2N4O3S. The zero-order valence-corrected chi connectivity index (χ0v) is 16.5. The molecule has 1 saturated carbocycles. The van der Waals surface area contributed by atoms with Crippen molar-refractivity contribution in [1.29, 1.82) is 0 Å². The molecule has 3 heterocycles. The van der Waals surface area contributed by atoms with Gasteiger partial charge in [-0.15, -0.1) is 0 Å². The summed E-state index contributed by atoms with van der Waals surface area (Å²) in [4.78, 5) is 8.51. The van der Waals surface area contributed by atoms with Crippen LogP contribution in [0.1, 0.15) is 12.8 Å².